The van der Waals surface area contributed by atoms with Crippen molar-refractivity contribution < 1.29 is 14.6 Å². The van der Waals surface area contributed by atoms with E-state index >= 15 is 0 Å². The zero-order valence-corrected chi connectivity index (χ0v) is 17.7. The highest BCUT2D eigenvalue weighted by atomic mass is 35.5. The second-order valence-corrected chi connectivity index (χ2v) is 7.42. The average Bonchev–Trinajstić information content (AvgIpc) is 2.81. The van der Waals surface area contributed by atoms with Gasteiger partial charge in [0, 0.05) is 31.5 Å². The molecule has 4 rings (SSSR count). The van der Waals surface area contributed by atoms with Gasteiger partial charge in [0.1, 0.15) is 5.02 Å². The number of aromatic carboxylic acids is 1. The highest BCUT2D eigenvalue weighted by Gasteiger charge is 2.15. The summed E-state index contributed by atoms with van der Waals surface area (Å²) < 4.78 is 5.41. The van der Waals surface area contributed by atoms with Gasteiger partial charge in [-0.3, -0.25) is 0 Å². The van der Waals surface area contributed by atoms with Crippen molar-refractivity contribution in [3.05, 3.63) is 65.3 Å². The maximum atomic E-state index is 11.5. The summed E-state index contributed by atoms with van der Waals surface area (Å²) in [5.74, 6) is -0.276. The second kappa shape index (κ2) is 9.20. The number of carboxylic acids is 1. The molecule has 1 saturated heterocycles. The molecule has 1 aliphatic heterocycles. The molecule has 2 N–H and O–H groups in total. The molecule has 31 heavy (non-hydrogen) atoms. The Kier molecular flexibility index (Phi) is 6.20. The van der Waals surface area contributed by atoms with Crippen molar-refractivity contribution in [1.82, 2.24) is 9.97 Å². The van der Waals surface area contributed by atoms with Gasteiger partial charge in [-0.05, 0) is 36.4 Å². The Hall–Kier alpha value is -3.36. The van der Waals surface area contributed by atoms with Gasteiger partial charge < -0.3 is 25.0 Å². The van der Waals surface area contributed by atoms with E-state index in [1.54, 1.807) is 18.2 Å². The molecule has 8 nitrogen and oxygen atoms in total. The van der Waals surface area contributed by atoms with Gasteiger partial charge in [0.2, 0.25) is 5.95 Å². The number of ether oxygens (including phenoxy) is 1. The number of hydrogen-bond acceptors (Lipinski definition) is 7. The van der Waals surface area contributed by atoms with E-state index in [1.165, 1.54) is 12.3 Å². The summed E-state index contributed by atoms with van der Waals surface area (Å²) in [6.45, 7) is 3.23. The topological polar surface area (TPSA) is 90.8 Å². The van der Waals surface area contributed by atoms with Crippen molar-refractivity contribution in [2.75, 3.05) is 48.5 Å². The smallest absolute Gasteiger partial charge is 0.337 e. The van der Waals surface area contributed by atoms with Crippen LogP contribution in [0.3, 0.4) is 0 Å². The van der Waals surface area contributed by atoms with Gasteiger partial charge in [0.05, 0.1) is 30.7 Å². The van der Waals surface area contributed by atoms with Crippen LogP contribution in [0.5, 0.6) is 0 Å². The molecule has 1 aromatic heterocycles. The fraction of sp³-hybridized carbons (Fsp3) is 0.227. The second-order valence-electron chi connectivity index (χ2n) is 7.02. The van der Waals surface area contributed by atoms with Crippen LogP contribution in [0.25, 0.3) is 0 Å². The third-order valence-electron chi connectivity index (χ3n) is 5.06. The summed E-state index contributed by atoms with van der Waals surface area (Å²) in [7, 11) is 1.86. The van der Waals surface area contributed by atoms with Crippen molar-refractivity contribution in [2.45, 2.75) is 0 Å². The van der Waals surface area contributed by atoms with Crippen LogP contribution in [0.15, 0.2) is 54.7 Å². The molecule has 0 spiro atoms. The summed E-state index contributed by atoms with van der Waals surface area (Å²) in [5, 5.41) is 12.7. The average molecular weight is 440 g/mol. The molecule has 9 heteroatoms. The van der Waals surface area contributed by atoms with E-state index in [-0.39, 0.29) is 5.56 Å². The summed E-state index contributed by atoms with van der Waals surface area (Å²) in [5.41, 5.74) is 2.59. The lowest BCUT2D eigenvalue weighted by molar-refractivity contribution is 0.0698. The molecule has 1 fully saturated rings. The molecule has 0 radical (unpaired) electrons. The number of nitrogens with one attached hydrogen (secondary N) is 1. The van der Waals surface area contributed by atoms with Crippen molar-refractivity contribution in [3.63, 3.8) is 0 Å². The van der Waals surface area contributed by atoms with E-state index in [0.717, 1.165) is 37.7 Å². The van der Waals surface area contributed by atoms with Crippen LogP contribution in [0.2, 0.25) is 5.02 Å². The lowest BCUT2D eigenvalue weighted by Crippen LogP contribution is -2.36. The quantitative estimate of drug-likeness (QED) is 0.591. The first kappa shape index (κ1) is 20.9. The van der Waals surface area contributed by atoms with E-state index in [1.807, 2.05) is 24.1 Å². The summed E-state index contributed by atoms with van der Waals surface area (Å²) in [4.78, 5) is 24.4. The number of anilines is 5. The Labute approximate surface area is 185 Å². The molecule has 160 valence electrons. The molecule has 0 saturated carbocycles. The van der Waals surface area contributed by atoms with Gasteiger partial charge >= 0.3 is 5.97 Å². The van der Waals surface area contributed by atoms with E-state index < -0.39 is 5.97 Å². The molecule has 0 unspecified atom stereocenters. The maximum absolute atomic E-state index is 11.5. The lowest BCUT2D eigenvalue weighted by atomic mass is 10.2. The Balaban J connectivity index is 1.55. The van der Waals surface area contributed by atoms with Gasteiger partial charge in [-0.25, -0.2) is 9.78 Å². The normalized spacial score (nSPS) is 13.7. The number of rotatable bonds is 6. The van der Waals surface area contributed by atoms with Crippen molar-refractivity contribution in [2.24, 2.45) is 0 Å². The Morgan fingerprint density at radius 1 is 1.16 bits per heavy atom. The molecule has 0 atom stereocenters. The van der Waals surface area contributed by atoms with Crippen LogP contribution in [-0.4, -0.2) is 54.4 Å². The fourth-order valence-corrected chi connectivity index (χ4v) is 3.48. The van der Waals surface area contributed by atoms with Crippen molar-refractivity contribution in [1.29, 1.82) is 0 Å². The van der Waals surface area contributed by atoms with Crippen LogP contribution >= 0.6 is 11.6 Å². The number of carboxylic acid groups (broad SMARTS) is 1. The Bertz CT molecular complexity index is 1070. The van der Waals surface area contributed by atoms with Gasteiger partial charge in [0.25, 0.3) is 0 Å². The van der Waals surface area contributed by atoms with Gasteiger partial charge in [-0.15, -0.1) is 0 Å². The number of nitrogens with zero attached hydrogens (tertiary/aromatic N) is 4. The zero-order valence-electron chi connectivity index (χ0n) is 17.0. The predicted octanol–water partition coefficient (Wildman–Crippen LogP) is 4.18. The number of morpholine rings is 1. The third-order valence-corrected chi connectivity index (χ3v) is 5.33. The van der Waals surface area contributed by atoms with Crippen molar-refractivity contribution in [3.8, 4) is 0 Å². The fourth-order valence-electron chi connectivity index (χ4n) is 3.34. The summed E-state index contributed by atoms with van der Waals surface area (Å²) in [6.07, 6.45) is 1.49. The number of hydrogen-bond donors (Lipinski definition) is 2. The van der Waals surface area contributed by atoms with Crippen molar-refractivity contribution >= 4 is 46.4 Å². The maximum Gasteiger partial charge on any atom is 0.337 e. The summed E-state index contributed by atoms with van der Waals surface area (Å²) in [6, 6.07) is 14.7. The predicted molar refractivity (Wildman–Crippen MR) is 121 cm³/mol. The molecule has 2 aromatic carbocycles. The van der Waals surface area contributed by atoms with Gasteiger partial charge in [0.15, 0.2) is 5.82 Å². The number of benzene rings is 2. The first-order chi connectivity index (χ1) is 15.0. The van der Waals surface area contributed by atoms with E-state index in [4.69, 9.17) is 16.3 Å². The van der Waals surface area contributed by atoms with Crippen LogP contribution < -0.4 is 15.1 Å². The van der Waals surface area contributed by atoms with Gasteiger partial charge in [-0.2, -0.15) is 4.98 Å². The largest absolute Gasteiger partial charge is 0.478 e. The number of aromatic nitrogens is 2. The lowest BCUT2D eigenvalue weighted by Gasteiger charge is -2.29. The Morgan fingerprint density at radius 3 is 2.58 bits per heavy atom. The summed E-state index contributed by atoms with van der Waals surface area (Å²) >= 11 is 6.27. The molecule has 0 amide bonds. The number of para-hydroxylation sites is 1. The molecule has 0 bridgehead atoms. The minimum atomic E-state index is -1.04. The molecular formula is C22H22ClN5O3. The minimum absolute atomic E-state index is 0.130. The minimum Gasteiger partial charge on any atom is -0.478 e. The number of carbonyl (C=O) groups is 1. The molecule has 2 heterocycles. The third kappa shape index (κ3) is 4.70. The molecular weight excluding hydrogens is 418 g/mol. The molecule has 0 aliphatic carbocycles. The monoisotopic (exact) mass is 439 g/mol. The van der Waals surface area contributed by atoms with E-state index in [0.29, 0.717) is 22.5 Å². The zero-order chi connectivity index (χ0) is 21.8. The Morgan fingerprint density at radius 2 is 1.87 bits per heavy atom. The standard InChI is InChI=1S/C22H22ClN5O3/c1-27(15-6-8-16(9-7-15)28-10-12-31-13-11-28)22-24-14-18(23)20(26-22)25-19-5-3-2-4-17(19)21(29)30/h2-9,14H,10-13H2,1H3,(H,29,30)(H,24,25,26). The van der Waals surface area contributed by atoms with Crippen LogP contribution in [-0.2, 0) is 4.74 Å². The SMILES string of the molecule is CN(c1ccc(N2CCOCC2)cc1)c1ncc(Cl)c(Nc2ccccc2C(=O)O)n1. The van der Waals surface area contributed by atoms with Crippen LogP contribution in [0, 0.1) is 0 Å². The van der Waals surface area contributed by atoms with E-state index in [2.05, 4.69) is 32.3 Å². The highest BCUT2D eigenvalue weighted by Crippen LogP contribution is 2.29. The first-order valence-corrected chi connectivity index (χ1v) is 10.2. The first-order valence-electron chi connectivity index (χ1n) is 9.81. The number of halogens is 1. The highest BCUT2D eigenvalue weighted by molar-refractivity contribution is 6.33. The van der Waals surface area contributed by atoms with Crippen LogP contribution in [0.4, 0.5) is 28.8 Å². The molecule has 3 aromatic rings. The van der Waals surface area contributed by atoms with E-state index in [9.17, 15) is 9.90 Å². The molecule has 1 aliphatic rings. The van der Waals surface area contributed by atoms with Gasteiger partial charge in [-0.1, -0.05) is 23.7 Å². The van der Waals surface area contributed by atoms with Crippen LogP contribution in [0.1, 0.15) is 10.4 Å².